The van der Waals surface area contributed by atoms with Gasteiger partial charge in [0.25, 0.3) is 0 Å². The zero-order valence-corrected chi connectivity index (χ0v) is 16.7. The minimum absolute atomic E-state index is 0.0826. The molecule has 7 heteroatoms. The van der Waals surface area contributed by atoms with Crippen molar-refractivity contribution in [1.82, 2.24) is 9.80 Å². The van der Waals surface area contributed by atoms with Gasteiger partial charge in [-0.25, -0.2) is 0 Å². The zero-order chi connectivity index (χ0) is 19.4. The highest BCUT2D eigenvalue weighted by Crippen LogP contribution is 2.23. The number of amides is 1. The van der Waals surface area contributed by atoms with Crippen LogP contribution < -0.4 is 4.90 Å². The van der Waals surface area contributed by atoms with Crippen LogP contribution in [0.1, 0.15) is 5.56 Å². The van der Waals surface area contributed by atoms with Gasteiger partial charge >= 0.3 is 0 Å². The second-order valence-electron chi connectivity index (χ2n) is 6.78. The minimum Gasteiger partial charge on any atom is -0.508 e. The van der Waals surface area contributed by atoms with Crippen LogP contribution in [0.15, 0.2) is 42.5 Å². The summed E-state index contributed by atoms with van der Waals surface area (Å²) in [5.74, 6) is 0.354. The van der Waals surface area contributed by atoms with E-state index in [9.17, 15) is 9.90 Å². The summed E-state index contributed by atoms with van der Waals surface area (Å²) in [4.78, 5) is 18.7. The Morgan fingerprint density at radius 3 is 2.33 bits per heavy atom. The van der Waals surface area contributed by atoms with Gasteiger partial charge in [0, 0.05) is 45.5 Å². The molecule has 0 atom stereocenters. The summed E-state index contributed by atoms with van der Waals surface area (Å²) >= 11 is 12.0. The summed E-state index contributed by atoms with van der Waals surface area (Å²) in [6, 6.07) is 12.7. The lowest BCUT2D eigenvalue weighted by molar-refractivity contribution is -0.131. The molecule has 1 saturated heterocycles. The van der Waals surface area contributed by atoms with E-state index in [1.54, 1.807) is 36.2 Å². The molecule has 2 aromatic carbocycles. The first kappa shape index (κ1) is 19.8. The Morgan fingerprint density at radius 1 is 1.04 bits per heavy atom. The summed E-state index contributed by atoms with van der Waals surface area (Å²) in [7, 11) is 1.80. The van der Waals surface area contributed by atoms with Crippen LogP contribution in [0, 0.1) is 0 Å². The number of halogens is 2. The number of phenols is 1. The molecule has 0 bridgehead atoms. The SMILES string of the molecule is CN(Cc1ccc(Cl)c(Cl)c1)C(=O)CN1CCN(c2ccc(O)cc2)CC1. The molecular weight excluding hydrogens is 385 g/mol. The normalized spacial score (nSPS) is 15.0. The van der Waals surface area contributed by atoms with Crippen molar-refractivity contribution in [3.8, 4) is 5.75 Å². The van der Waals surface area contributed by atoms with Crippen LogP contribution >= 0.6 is 23.2 Å². The van der Waals surface area contributed by atoms with Gasteiger partial charge in [-0.3, -0.25) is 9.69 Å². The summed E-state index contributed by atoms with van der Waals surface area (Å²) in [5.41, 5.74) is 2.05. The molecule has 1 N–H and O–H groups in total. The molecule has 2 aromatic rings. The van der Waals surface area contributed by atoms with E-state index >= 15 is 0 Å². The second kappa shape index (κ2) is 8.83. The fraction of sp³-hybridized carbons (Fsp3) is 0.350. The first-order valence-corrected chi connectivity index (χ1v) is 9.62. The van der Waals surface area contributed by atoms with Gasteiger partial charge in [-0.1, -0.05) is 29.3 Å². The molecule has 3 rings (SSSR count). The Kier molecular flexibility index (Phi) is 6.47. The molecule has 0 saturated carbocycles. The van der Waals surface area contributed by atoms with Crippen LogP contribution in [0.2, 0.25) is 10.0 Å². The Bertz CT molecular complexity index is 790. The number of aromatic hydroxyl groups is 1. The van der Waals surface area contributed by atoms with Crippen LogP contribution in [0.25, 0.3) is 0 Å². The van der Waals surface area contributed by atoms with Gasteiger partial charge in [0.15, 0.2) is 0 Å². The molecule has 0 spiro atoms. The predicted molar refractivity (Wildman–Crippen MR) is 110 cm³/mol. The first-order valence-electron chi connectivity index (χ1n) is 8.86. The number of nitrogens with zero attached hydrogens (tertiary/aromatic N) is 3. The van der Waals surface area contributed by atoms with Crippen LogP contribution in [0.4, 0.5) is 5.69 Å². The lowest BCUT2D eigenvalue weighted by atomic mass is 10.2. The van der Waals surface area contributed by atoms with E-state index < -0.39 is 0 Å². The highest BCUT2D eigenvalue weighted by molar-refractivity contribution is 6.42. The average Bonchev–Trinajstić information content (AvgIpc) is 2.66. The fourth-order valence-corrected chi connectivity index (χ4v) is 3.46. The third-order valence-corrected chi connectivity index (χ3v) is 5.51. The number of phenolic OH excluding ortho intramolecular Hbond substituents is 1. The van der Waals surface area contributed by atoms with Crippen molar-refractivity contribution in [2.75, 3.05) is 44.7 Å². The number of carbonyl (C=O) groups is 1. The molecule has 1 fully saturated rings. The standard InChI is InChI=1S/C20H23Cl2N3O2/c1-23(13-15-2-7-18(21)19(22)12-15)20(27)14-24-8-10-25(11-9-24)16-3-5-17(26)6-4-16/h2-7,12,26H,8-11,13-14H2,1H3. The Morgan fingerprint density at radius 2 is 1.70 bits per heavy atom. The molecule has 5 nitrogen and oxygen atoms in total. The van der Waals surface area contributed by atoms with Crippen molar-refractivity contribution in [3.63, 3.8) is 0 Å². The van der Waals surface area contributed by atoms with Crippen molar-refractivity contribution in [2.45, 2.75) is 6.54 Å². The van der Waals surface area contributed by atoms with Crippen LogP contribution in [0.3, 0.4) is 0 Å². The Balaban J connectivity index is 1.48. The third kappa shape index (κ3) is 5.28. The molecule has 1 aliphatic rings. The molecule has 144 valence electrons. The molecule has 27 heavy (non-hydrogen) atoms. The third-order valence-electron chi connectivity index (χ3n) is 4.78. The van der Waals surface area contributed by atoms with Gasteiger partial charge in [-0.05, 0) is 42.0 Å². The summed E-state index contributed by atoms with van der Waals surface area (Å²) in [6.45, 7) is 4.27. The number of hydrogen-bond acceptors (Lipinski definition) is 4. The van der Waals surface area contributed by atoms with Crippen LogP contribution in [-0.4, -0.2) is 60.6 Å². The molecular formula is C20H23Cl2N3O2. The molecule has 0 radical (unpaired) electrons. The fourth-order valence-electron chi connectivity index (χ4n) is 3.14. The van der Waals surface area contributed by atoms with Gasteiger partial charge in [-0.15, -0.1) is 0 Å². The van der Waals surface area contributed by atoms with E-state index in [0.29, 0.717) is 23.1 Å². The van der Waals surface area contributed by atoms with Gasteiger partial charge in [0.1, 0.15) is 5.75 Å². The Labute approximate surface area is 169 Å². The van der Waals surface area contributed by atoms with Crippen molar-refractivity contribution >= 4 is 34.8 Å². The van der Waals surface area contributed by atoms with Gasteiger partial charge < -0.3 is 14.9 Å². The largest absolute Gasteiger partial charge is 0.508 e. The lowest BCUT2D eigenvalue weighted by Crippen LogP contribution is -2.49. The van der Waals surface area contributed by atoms with Crippen molar-refractivity contribution in [2.24, 2.45) is 0 Å². The monoisotopic (exact) mass is 407 g/mol. The smallest absolute Gasteiger partial charge is 0.236 e. The maximum atomic E-state index is 12.5. The van der Waals surface area contributed by atoms with E-state index in [0.717, 1.165) is 37.4 Å². The summed E-state index contributed by atoms with van der Waals surface area (Å²) in [5, 5.41) is 10.4. The van der Waals surface area contributed by atoms with E-state index in [4.69, 9.17) is 23.2 Å². The topological polar surface area (TPSA) is 47.0 Å². The number of hydrogen-bond donors (Lipinski definition) is 1. The number of likely N-dealkylation sites (N-methyl/N-ethyl adjacent to an activating group) is 1. The van der Waals surface area contributed by atoms with Crippen LogP contribution in [0.5, 0.6) is 5.75 Å². The molecule has 1 aliphatic heterocycles. The van der Waals surface area contributed by atoms with Gasteiger partial charge in [0.2, 0.25) is 5.91 Å². The quantitative estimate of drug-likeness (QED) is 0.823. The van der Waals surface area contributed by atoms with Gasteiger partial charge in [0.05, 0.1) is 16.6 Å². The number of piperazine rings is 1. The van der Waals surface area contributed by atoms with Crippen LogP contribution in [-0.2, 0) is 11.3 Å². The molecule has 0 aromatic heterocycles. The molecule has 1 heterocycles. The molecule has 0 aliphatic carbocycles. The number of rotatable bonds is 5. The average molecular weight is 408 g/mol. The summed E-state index contributed by atoms with van der Waals surface area (Å²) < 4.78 is 0. The number of carbonyl (C=O) groups excluding carboxylic acids is 1. The summed E-state index contributed by atoms with van der Waals surface area (Å²) in [6.07, 6.45) is 0. The highest BCUT2D eigenvalue weighted by atomic mass is 35.5. The molecule has 1 amide bonds. The van der Waals surface area contributed by atoms with Gasteiger partial charge in [-0.2, -0.15) is 0 Å². The van der Waals surface area contributed by atoms with E-state index in [1.807, 2.05) is 18.2 Å². The van der Waals surface area contributed by atoms with E-state index in [1.165, 1.54) is 0 Å². The van der Waals surface area contributed by atoms with Crippen molar-refractivity contribution in [1.29, 1.82) is 0 Å². The van der Waals surface area contributed by atoms with Crippen molar-refractivity contribution in [3.05, 3.63) is 58.1 Å². The first-order chi connectivity index (χ1) is 12.9. The van der Waals surface area contributed by atoms with E-state index in [2.05, 4.69) is 9.80 Å². The van der Waals surface area contributed by atoms with Crippen molar-refractivity contribution < 1.29 is 9.90 Å². The second-order valence-corrected chi connectivity index (χ2v) is 7.59. The predicted octanol–water partition coefficient (Wildman–Crippen LogP) is 3.48. The highest BCUT2D eigenvalue weighted by Gasteiger charge is 2.21. The zero-order valence-electron chi connectivity index (χ0n) is 15.2. The number of anilines is 1. The van der Waals surface area contributed by atoms with E-state index in [-0.39, 0.29) is 11.7 Å². The lowest BCUT2D eigenvalue weighted by Gasteiger charge is -2.36. The maximum absolute atomic E-state index is 12.5. The molecule has 0 unspecified atom stereocenters. The number of benzene rings is 2. The maximum Gasteiger partial charge on any atom is 0.236 e. The minimum atomic E-state index is 0.0826. The Hall–Kier alpha value is -1.95.